The van der Waals surface area contributed by atoms with E-state index in [1.807, 2.05) is 0 Å². The molecule has 0 bridgehead atoms. The standard InChI is InChI=1S/C13H18FNO4/c1-15(7-11(16)8-18-2)13(17)9-19-12-5-3-10(14)4-6-12/h3-6,11,16H,7-9H2,1-2H3. The summed E-state index contributed by atoms with van der Waals surface area (Å²) in [7, 11) is 3.04. The third-order valence-electron chi connectivity index (χ3n) is 2.45. The first kappa shape index (κ1) is 15.4. The van der Waals surface area contributed by atoms with Crippen LogP contribution < -0.4 is 4.74 Å². The molecule has 0 fully saturated rings. The molecule has 0 aliphatic carbocycles. The van der Waals surface area contributed by atoms with Gasteiger partial charge >= 0.3 is 0 Å². The third kappa shape index (κ3) is 5.67. The second-order valence-corrected chi connectivity index (χ2v) is 4.13. The van der Waals surface area contributed by atoms with Gasteiger partial charge in [-0.25, -0.2) is 4.39 Å². The van der Waals surface area contributed by atoms with Gasteiger partial charge < -0.3 is 19.5 Å². The number of benzene rings is 1. The molecule has 1 rings (SSSR count). The van der Waals surface area contributed by atoms with Crippen LogP contribution in [0.3, 0.4) is 0 Å². The van der Waals surface area contributed by atoms with Crippen molar-refractivity contribution in [2.45, 2.75) is 6.10 Å². The number of methoxy groups -OCH3 is 1. The smallest absolute Gasteiger partial charge is 0.260 e. The van der Waals surface area contributed by atoms with Crippen LogP contribution in [0.25, 0.3) is 0 Å². The van der Waals surface area contributed by atoms with Crippen LogP contribution >= 0.6 is 0 Å². The largest absolute Gasteiger partial charge is 0.484 e. The van der Waals surface area contributed by atoms with E-state index in [1.54, 1.807) is 7.05 Å². The van der Waals surface area contributed by atoms with Crippen molar-refractivity contribution in [2.24, 2.45) is 0 Å². The van der Waals surface area contributed by atoms with Gasteiger partial charge in [-0.2, -0.15) is 0 Å². The van der Waals surface area contributed by atoms with E-state index in [-0.39, 0.29) is 31.5 Å². The molecular weight excluding hydrogens is 253 g/mol. The van der Waals surface area contributed by atoms with Crippen LogP contribution in [-0.2, 0) is 9.53 Å². The molecule has 0 aliphatic rings. The lowest BCUT2D eigenvalue weighted by Gasteiger charge is -2.20. The molecule has 1 amide bonds. The molecule has 19 heavy (non-hydrogen) atoms. The number of hydrogen-bond donors (Lipinski definition) is 1. The van der Waals surface area contributed by atoms with E-state index < -0.39 is 6.10 Å². The average Bonchev–Trinajstić information content (AvgIpc) is 2.37. The topological polar surface area (TPSA) is 59.0 Å². The Labute approximate surface area is 111 Å². The minimum absolute atomic E-state index is 0.163. The zero-order chi connectivity index (χ0) is 14.3. The van der Waals surface area contributed by atoms with Crippen LogP contribution in [0.15, 0.2) is 24.3 Å². The van der Waals surface area contributed by atoms with Crippen molar-refractivity contribution in [2.75, 3.05) is 33.9 Å². The molecular formula is C13H18FNO4. The predicted molar refractivity (Wildman–Crippen MR) is 67.4 cm³/mol. The summed E-state index contributed by atoms with van der Waals surface area (Å²) in [6.45, 7) is 0.164. The maximum Gasteiger partial charge on any atom is 0.260 e. The molecule has 0 saturated heterocycles. The summed E-state index contributed by atoms with van der Waals surface area (Å²) < 4.78 is 22.6. The van der Waals surface area contributed by atoms with Crippen molar-refractivity contribution in [3.63, 3.8) is 0 Å². The molecule has 1 aromatic rings. The number of halogens is 1. The van der Waals surface area contributed by atoms with Gasteiger partial charge in [-0.3, -0.25) is 4.79 Å². The summed E-state index contributed by atoms with van der Waals surface area (Å²) >= 11 is 0. The molecule has 1 atom stereocenters. The molecule has 0 aromatic heterocycles. The number of hydrogen-bond acceptors (Lipinski definition) is 4. The summed E-state index contributed by atoms with van der Waals surface area (Å²) in [6, 6.07) is 5.41. The monoisotopic (exact) mass is 271 g/mol. The van der Waals surface area contributed by atoms with Gasteiger partial charge in [0, 0.05) is 20.7 Å². The number of carbonyl (C=O) groups is 1. The molecule has 0 spiro atoms. The van der Waals surface area contributed by atoms with Crippen molar-refractivity contribution in [3.8, 4) is 5.75 Å². The highest BCUT2D eigenvalue weighted by atomic mass is 19.1. The minimum atomic E-state index is -0.732. The zero-order valence-electron chi connectivity index (χ0n) is 11.0. The number of nitrogens with zero attached hydrogens (tertiary/aromatic N) is 1. The molecule has 5 nitrogen and oxygen atoms in total. The summed E-state index contributed by atoms with van der Waals surface area (Å²) in [4.78, 5) is 13.1. The van der Waals surface area contributed by atoms with Crippen molar-refractivity contribution in [1.82, 2.24) is 4.90 Å². The molecule has 1 N–H and O–H groups in total. The number of amides is 1. The quantitative estimate of drug-likeness (QED) is 0.792. The van der Waals surface area contributed by atoms with Crippen molar-refractivity contribution >= 4 is 5.91 Å². The van der Waals surface area contributed by atoms with Crippen LogP contribution in [0.5, 0.6) is 5.75 Å². The number of carbonyl (C=O) groups excluding carboxylic acids is 1. The van der Waals surface area contributed by atoms with Crippen LogP contribution in [0.1, 0.15) is 0 Å². The van der Waals surface area contributed by atoms with E-state index in [0.717, 1.165) is 0 Å². The second kappa shape index (κ2) is 7.70. The zero-order valence-corrected chi connectivity index (χ0v) is 11.0. The normalized spacial score (nSPS) is 12.0. The fourth-order valence-corrected chi connectivity index (χ4v) is 1.45. The van der Waals surface area contributed by atoms with E-state index in [2.05, 4.69) is 0 Å². The molecule has 0 radical (unpaired) electrons. The molecule has 106 valence electrons. The Bertz CT molecular complexity index is 396. The van der Waals surface area contributed by atoms with E-state index >= 15 is 0 Å². The van der Waals surface area contributed by atoms with Crippen LogP contribution in [0.4, 0.5) is 4.39 Å². The lowest BCUT2D eigenvalue weighted by molar-refractivity contribution is -0.133. The fraction of sp³-hybridized carbons (Fsp3) is 0.462. The van der Waals surface area contributed by atoms with Gasteiger partial charge in [-0.15, -0.1) is 0 Å². The van der Waals surface area contributed by atoms with Crippen molar-refractivity contribution < 1.29 is 23.8 Å². The van der Waals surface area contributed by atoms with Crippen LogP contribution in [0, 0.1) is 5.82 Å². The van der Waals surface area contributed by atoms with E-state index in [1.165, 1.54) is 36.3 Å². The van der Waals surface area contributed by atoms with Gasteiger partial charge in [0.2, 0.25) is 0 Å². The highest BCUT2D eigenvalue weighted by Gasteiger charge is 2.14. The highest BCUT2D eigenvalue weighted by Crippen LogP contribution is 2.10. The summed E-state index contributed by atoms with van der Waals surface area (Å²) in [5.74, 6) is -0.224. The first-order valence-corrected chi connectivity index (χ1v) is 5.82. The summed E-state index contributed by atoms with van der Waals surface area (Å²) in [6.07, 6.45) is -0.732. The fourth-order valence-electron chi connectivity index (χ4n) is 1.45. The van der Waals surface area contributed by atoms with Gasteiger partial charge in [0.15, 0.2) is 6.61 Å². The minimum Gasteiger partial charge on any atom is -0.484 e. The van der Waals surface area contributed by atoms with Crippen molar-refractivity contribution in [3.05, 3.63) is 30.1 Å². The van der Waals surface area contributed by atoms with E-state index in [0.29, 0.717) is 5.75 Å². The van der Waals surface area contributed by atoms with Gasteiger partial charge in [-0.05, 0) is 24.3 Å². The number of likely N-dealkylation sites (N-methyl/N-ethyl adjacent to an activating group) is 1. The number of aliphatic hydroxyl groups is 1. The SMILES string of the molecule is COCC(O)CN(C)C(=O)COc1ccc(F)cc1. The molecule has 0 saturated carbocycles. The third-order valence-corrected chi connectivity index (χ3v) is 2.45. The van der Waals surface area contributed by atoms with Crippen molar-refractivity contribution in [1.29, 1.82) is 0 Å². The Morgan fingerprint density at radius 2 is 2.05 bits per heavy atom. The Kier molecular flexibility index (Phi) is 6.24. The Morgan fingerprint density at radius 1 is 1.42 bits per heavy atom. The lowest BCUT2D eigenvalue weighted by atomic mass is 10.3. The van der Waals surface area contributed by atoms with Crippen LogP contribution in [-0.4, -0.2) is 55.9 Å². The number of rotatable bonds is 7. The summed E-state index contributed by atoms with van der Waals surface area (Å²) in [5.41, 5.74) is 0. The van der Waals surface area contributed by atoms with Crippen LogP contribution in [0.2, 0.25) is 0 Å². The maximum absolute atomic E-state index is 12.7. The van der Waals surface area contributed by atoms with E-state index in [4.69, 9.17) is 9.47 Å². The second-order valence-electron chi connectivity index (χ2n) is 4.13. The summed E-state index contributed by atoms with van der Waals surface area (Å²) in [5, 5.41) is 9.48. The molecule has 0 aliphatic heterocycles. The van der Waals surface area contributed by atoms with E-state index in [9.17, 15) is 14.3 Å². The van der Waals surface area contributed by atoms with Gasteiger partial charge in [0.25, 0.3) is 5.91 Å². The first-order chi connectivity index (χ1) is 9.02. The van der Waals surface area contributed by atoms with Gasteiger partial charge in [0.05, 0.1) is 12.7 Å². The Hall–Kier alpha value is -1.66. The number of ether oxygens (including phenoxy) is 2. The molecule has 0 heterocycles. The molecule has 1 unspecified atom stereocenters. The lowest BCUT2D eigenvalue weighted by Crippen LogP contribution is -2.38. The number of aliphatic hydroxyl groups excluding tert-OH is 1. The first-order valence-electron chi connectivity index (χ1n) is 5.82. The van der Waals surface area contributed by atoms with Gasteiger partial charge in [-0.1, -0.05) is 0 Å². The Morgan fingerprint density at radius 3 is 2.63 bits per heavy atom. The molecule has 1 aromatic carbocycles. The Balaban J connectivity index is 2.36. The molecule has 6 heteroatoms. The van der Waals surface area contributed by atoms with Gasteiger partial charge in [0.1, 0.15) is 11.6 Å². The predicted octanol–water partition coefficient (Wildman–Crippen LogP) is 0.670. The maximum atomic E-state index is 12.7. The highest BCUT2D eigenvalue weighted by molar-refractivity contribution is 5.77. The average molecular weight is 271 g/mol.